The van der Waals surface area contributed by atoms with E-state index in [0.29, 0.717) is 0 Å². The van der Waals surface area contributed by atoms with Crippen LogP contribution in [0.25, 0.3) is 0 Å². The molecule has 0 amide bonds. The number of hydrogen-bond donors (Lipinski definition) is 0. The molecule has 0 saturated heterocycles. The highest BCUT2D eigenvalue weighted by molar-refractivity contribution is 7.33. The van der Waals surface area contributed by atoms with Gasteiger partial charge in [-0.25, -0.2) is 0 Å². The van der Waals surface area contributed by atoms with Crippen molar-refractivity contribution in [3.63, 3.8) is 0 Å². The Balaban J connectivity index is 3.04. The van der Waals surface area contributed by atoms with E-state index in [0.717, 1.165) is 6.04 Å². The van der Waals surface area contributed by atoms with Gasteiger partial charge in [0.2, 0.25) is 0 Å². The third kappa shape index (κ3) is 8.54. The zero-order chi connectivity index (χ0) is 7.82. The third-order valence-electron chi connectivity index (χ3n) is 1.16. The standard InChI is InChI=1S/C7H13Cl2Si/c1-2-3-4-5-6-7-10(8)9/h5-6H,2-4,7H2,1H3. The van der Waals surface area contributed by atoms with E-state index >= 15 is 0 Å². The maximum atomic E-state index is 5.61. The Morgan fingerprint density at radius 1 is 1.30 bits per heavy atom. The smallest absolute Gasteiger partial charge is 0.146 e. The topological polar surface area (TPSA) is 0 Å². The van der Waals surface area contributed by atoms with Crippen LogP contribution in [0.5, 0.6) is 0 Å². The summed E-state index contributed by atoms with van der Waals surface area (Å²) in [5, 5.41) is 0. The molecular formula is C7H13Cl2Si. The van der Waals surface area contributed by atoms with Crippen molar-refractivity contribution in [1.82, 2.24) is 0 Å². The predicted molar refractivity (Wildman–Crippen MR) is 50.9 cm³/mol. The van der Waals surface area contributed by atoms with Gasteiger partial charge in [0.15, 0.2) is 0 Å². The molecule has 0 heterocycles. The largest absolute Gasteiger partial charge is 0.277 e. The normalized spacial score (nSPS) is 11.6. The van der Waals surface area contributed by atoms with Crippen LogP contribution in [0.3, 0.4) is 0 Å². The van der Waals surface area contributed by atoms with Crippen LogP contribution in [0.2, 0.25) is 6.04 Å². The summed E-state index contributed by atoms with van der Waals surface area (Å²) < 4.78 is 0. The van der Waals surface area contributed by atoms with Crippen molar-refractivity contribution >= 4 is 29.6 Å². The molecule has 0 rings (SSSR count). The fourth-order valence-corrected chi connectivity index (χ4v) is 1.49. The van der Waals surface area contributed by atoms with E-state index in [1.54, 1.807) is 0 Å². The van der Waals surface area contributed by atoms with Gasteiger partial charge in [-0.05, 0) is 12.5 Å². The van der Waals surface area contributed by atoms with E-state index in [1.165, 1.54) is 19.3 Å². The summed E-state index contributed by atoms with van der Waals surface area (Å²) in [6.45, 7) is 2.19. The highest BCUT2D eigenvalue weighted by Crippen LogP contribution is 2.04. The first kappa shape index (κ1) is 10.5. The number of allylic oxidation sites excluding steroid dienone is 2. The highest BCUT2D eigenvalue weighted by Gasteiger charge is 1.96. The Labute approximate surface area is 74.2 Å². The average molecular weight is 196 g/mol. The Morgan fingerprint density at radius 3 is 2.50 bits per heavy atom. The van der Waals surface area contributed by atoms with Crippen molar-refractivity contribution in [3.05, 3.63) is 12.2 Å². The summed E-state index contributed by atoms with van der Waals surface area (Å²) >= 11 is 11.2. The van der Waals surface area contributed by atoms with Crippen molar-refractivity contribution < 1.29 is 0 Å². The SMILES string of the molecule is CCCCC=CC[Si](Cl)Cl. The van der Waals surface area contributed by atoms with Crippen LogP contribution in [-0.2, 0) is 0 Å². The first-order chi connectivity index (χ1) is 4.77. The monoisotopic (exact) mass is 195 g/mol. The molecular weight excluding hydrogens is 183 g/mol. The summed E-state index contributed by atoms with van der Waals surface area (Å²) in [5.41, 5.74) is 0. The lowest BCUT2D eigenvalue weighted by Gasteiger charge is -1.89. The van der Waals surface area contributed by atoms with Crippen LogP contribution >= 0.6 is 22.2 Å². The molecule has 0 unspecified atom stereocenters. The van der Waals surface area contributed by atoms with Crippen molar-refractivity contribution in [2.24, 2.45) is 0 Å². The molecule has 10 heavy (non-hydrogen) atoms. The van der Waals surface area contributed by atoms with Crippen LogP contribution in [0, 0.1) is 0 Å². The van der Waals surface area contributed by atoms with Gasteiger partial charge in [0, 0.05) is 0 Å². The van der Waals surface area contributed by atoms with Crippen molar-refractivity contribution in [2.45, 2.75) is 32.2 Å². The zero-order valence-electron chi connectivity index (χ0n) is 6.24. The molecule has 0 N–H and O–H groups in total. The minimum absolute atomic E-state index is 0.873. The third-order valence-corrected chi connectivity index (χ3v) is 2.63. The van der Waals surface area contributed by atoms with Crippen molar-refractivity contribution in [2.75, 3.05) is 0 Å². The van der Waals surface area contributed by atoms with Crippen molar-refractivity contribution in [1.29, 1.82) is 0 Å². The second-order valence-corrected chi connectivity index (χ2v) is 6.56. The molecule has 0 saturated carbocycles. The molecule has 3 heteroatoms. The van der Waals surface area contributed by atoms with Gasteiger partial charge in [-0.15, -0.1) is 22.2 Å². The molecule has 0 aliphatic carbocycles. The quantitative estimate of drug-likeness (QED) is 0.272. The van der Waals surface area contributed by atoms with Gasteiger partial charge >= 0.3 is 0 Å². The predicted octanol–water partition coefficient (Wildman–Crippen LogP) is 3.70. The van der Waals surface area contributed by atoms with E-state index in [2.05, 4.69) is 19.1 Å². The Kier molecular flexibility index (Phi) is 8.05. The molecule has 0 aromatic carbocycles. The average Bonchev–Trinajstić information content (AvgIpc) is 1.87. The molecule has 0 aliphatic rings. The van der Waals surface area contributed by atoms with Crippen LogP contribution in [0.1, 0.15) is 26.2 Å². The fraction of sp³-hybridized carbons (Fsp3) is 0.714. The van der Waals surface area contributed by atoms with E-state index in [4.69, 9.17) is 22.2 Å². The molecule has 0 aromatic heterocycles. The number of rotatable bonds is 5. The number of unbranched alkanes of at least 4 members (excludes halogenated alkanes) is 2. The molecule has 0 aromatic rings. The number of halogens is 2. The van der Waals surface area contributed by atoms with Crippen LogP contribution in [-0.4, -0.2) is 7.42 Å². The van der Waals surface area contributed by atoms with Gasteiger partial charge in [-0.2, -0.15) is 0 Å². The van der Waals surface area contributed by atoms with Gasteiger partial charge in [0.25, 0.3) is 7.42 Å². The Morgan fingerprint density at radius 2 is 2.00 bits per heavy atom. The summed E-state index contributed by atoms with van der Waals surface area (Å²) in [6, 6.07) is 0.873. The van der Waals surface area contributed by atoms with Crippen LogP contribution in [0.15, 0.2) is 12.2 Å². The van der Waals surface area contributed by atoms with Crippen LogP contribution in [0.4, 0.5) is 0 Å². The minimum Gasteiger partial charge on any atom is -0.146 e. The Bertz CT molecular complexity index is 91.6. The van der Waals surface area contributed by atoms with Gasteiger partial charge in [0.05, 0.1) is 0 Å². The van der Waals surface area contributed by atoms with Gasteiger partial charge in [-0.1, -0.05) is 31.9 Å². The summed E-state index contributed by atoms with van der Waals surface area (Å²) in [5.74, 6) is 0. The summed E-state index contributed by atoms with van der Waals surface area (Å²) in [7, 11) is -1.06. The first-order valence-electron chi connectivity index (χ1n) is 3.59. The van der Waals surface area contributed by atoms with E-state index in [-0.39, 0.29) is 0 Å². The van der Waals surface area contributed by atoms with E-state index < -0.39 is 7.42 Å². The summed E-state index contributed by atoms with van der Waals surface area (Å²) in [6.07, 6.45) is 7.94. The summed E-state index contributed by atoms with van der Waals surface area (Å²) in [4.78, 5) is 0. The highest BCUT2D eigenvalue weighted by atomic mass is 35.7. The van der Waals surface area contributed by atoms with E-state index in [1.807, 2.05) is 0 Å². The van der Waals surface area contributed by atoms with Gasteiger partial charge in [-0.3, -0.25) is 0 Å². The second kappa shape index (κ2) is 7.64. The molecule has 0 bridgehead atoms. The van der Waals surface area contributed by atoms with Crippen molar-refractivity contribution in [3.8, 4) is 0 Å². The molecule has 0 spiro atoms. The number of hydrogen-bond acceptors (Lipinski definition) is 0. The lowest BCUT2D eigenvalue weighted by Crippen LogP contribution is -1.86. The van der Waals surface area contributed by atoms with Gasteiger partial charge in [0.1, 0.15) is 0 Å². The molecule has 59 valence electrons. The lowest BCUT2D eigenvalue weighted by molar-refractivity contribution is 0.814. The fourth-order valence-electron chi connectivity index (χ4n) is 0.612. The zero-order valence-corrected chi connectivity index (χ0v) is 8.75. The Hall–Kier alpha value is 0.537. The molecule has 0 aliphatic heterocycles. The van der Waals surface area contributed by atoms with Crippen LogP contribution < -0.4 is 0 Å². The molecule has 0 fully saturated rings. The van der Waals surface area contributed by atoms with E-state index in [9.17, 15) is 0 Å². The maximum absolute atomic E-state index is 5.61. The second-order valence-electron chi connectivity index (χ2n) is 2.16. The minimum atomic E-state index is -1.06. The molecule has 1 radical (unpaired) electrons. The molecule has 0 atom stereocenters. The maximum Gasteiger partial charge on any atom is 0.277 e. The molecule has 0 nitrogen and oxygen atoms in total. The first-order valence-corrected chi connectivity index (χ1v) is 7.32. The lowest BCUT2D eigenvalue weighted by atomic mass is 10.2. The van der Waals surface area contributed by atoms with Gasteiger partial charge < -0.3 is 0 Å².